The highest BCUT2D eigenvalue weighted by Gasteiger charge is 2.27. The van der Waals surface area contributed by atoms with Crippen molar-refractivity contribution in [3.8, 4) is 0 Å². The number of nitrogens with one attached hydrogen (secondary N) is 1. The van der Waals surface area contributed by atoms with Gasteiger partial charge in [0, 0.05) is 12.8 Å². The van der Waals surface area contributed by atoms with Gasteiger partial charge in [-0.15, -0.1) is 0 Å². The van der Waals surface area contributed by atoms with Crippen molar-refractivity contribution in [3.63, 3.8) is 0 Å². The molecule has 2 N–H and O–H groups in total. The molecule has 0 heterocycles. The standard InChI is InChI=1S/C29H60N2O2/c1-5-7-8-9-10-11-12-13-14-15-16-17-18-19-20-21-22-23-24-25-29(33)30-28(6-2)31(3,4)26-27-32/h28,32H,5-27H2,1-4H3/p+1. The van der Waals surface area contributed by atoms with Crippen molar-refractivity contribution >= 4 is 5.91 Å². The van der Waals surface area contributed by atoms with Gasteiger partial charge in [-0.3, -0.25) is 4.79 Å². The topological polar surface area (TPSA) is 49.3 Å². The molecule has 0 aliphatic carbocycles. The Balaban J connectivity index is 3.39. The molecular weight excluding hydrogens is 408 g/mol. The number of hydrogen-bond acceptors (Lipinski definition) is 2. The van der Waals surface area contributed by atoms with Crippen molar-refractivity contribution in [2.45, 2.75) is 155 Å². The monoisotopic (exact) mass is 469 g/mol. The summed E-state index contributed by atoms with van der Waals surface area (Å²) < 4.78 is 0.637. The van der Waals surface area contributed by atoms with Gasteiger partial charge in [-0.05, 0) is 6.42 Å². The number of carbonyl (C=O) groups excluding carboxylic acids is 1. The van der Waals surface area contributed by atoms with E-state index in [1.54, 1.807) is 0 Å². The molecule has 0 aromatic heterocycles. The Kier molecular flexibility index (Phi) is 22.7. The van der Waals surface area contributed by atoms with Crippen molar-refractivity contribution in [1.82, 2.24) is 5.32 Å². The minimum absolute atomic E-state index is 0.0879. The van der Waals surface area contributed by atoms with Crippen LogP contribution in [0.4, 0.5) is 0 Å². The first-order valence-electron chi connectivity index (χ1n) is 14.7. The first-order valence-corrected chi connectivity index (χ1v) is 14.7. The SMILES string of the molecule is CCCCCCCCCCCCCCCCCCCCCC(=O)NC(CC)[N+](C)(C)CCO. The van der Waals surface area contributed by atoms with Crippen LogP contribution in [0.15, 0.2) is 0 Å². The molecule has 0 saturated heterocycles. The average molecular weight is 470 g/mol. The van der Waals surface area contributed by atoms with E-state index in [9.17, 15) is 9.90 Å². The van der Waals surface area contributed by atoms with Gasteiger partial charge in [0.2, 0.25) is 5.91 Å². The third-order valence-electron chi connectivity index (χ3n) is 7.24. The Morgan fingerprint density at radius 2 is 1.03 bits per heavy atom. The van der Waals surface area contributed by atoms with Crippen LogP contribution in [0, 0.1) is 0 Å². The van der Waals surface area contributed by atoms with Crippen LogP contribution < -0.4 is 5.32 Å². The number of aliphatic hydroxyl groups is 1. The summed E-state index contributed by atoms with van der Waals surface area (Å²) in [5, 5.41) is 12.4. The molecule has 1 amide bonds. The summed E-state index contributed by atoms with van der Waals surface area (Å²) in [6, 6.07) is 0. The van der Waals surface area contributed by atoms with Gasteiger partial charge in [0.05, 0.1) is 20.7 Å². The maximum Gasteiger partial charge on any atom is 0.224 e. The van der Waals surface area contributed by atoms with Crippen LogP contribution >= 0.6 is 0 Å². The highest BCUT2D eigenvalue weighted by molar-refractivity contribution is 5.75. The van der Waals surface area contributed by atoms with Gasteiger partial charge in [0.25, 0.3) is 0 Å². The minimum Gasteiger partial charge on any atom is -0.391 e. The number of carbonyl (C=O) groups is 1. The zero-order valence-electron chi connectivity index (χ0n) is 23.1. The molecular formula is C29H61N2O2+. The van der Waals surface area contributed by atoms with Crippen LogP contribution in [0.2, 0.25) is 0 Å². The maximum atomic E-state index is 12.3. The number of amides is 1. The molecule has 0 aliphatic heterocycles. The fourth-order valence-electron chi connectivity index (χ4n) is 4.81. The predicted octanol–water partition coefficient (Wildman–Crippen LogP) is 7.73. The van der Waals surface area contributed by atoms with E-state index in [1.807, 2.05) is 0 Å². The first kappa shape index (κ1) is 32.4. The third-order valence-corrected chi connectivity index (χ3v) is 7.24. The number of aliphatic hydroxyl groups excluding tert-OH is 1. The van der Waals surface area contributed by atoms with E-state index in [1.165, 1.54) is 109 Å². The van der Waals surface area contributed by atoms with Crippen LogP contribution in [0.1, 0.15) is 149 Å². The zero-order chi connectivity index (χ0) is 24.6. The van der Waals surface area contributed by atoms with Gasteiger partial charge in [-0.1, -0.05) is 129 Å². The molecule has 4 nitrogen and oxygen atoms in total. The molecule has 1 atom stereocenters. The molecule has 1 unspecified atom stereocenters. The van der Waals surface area contributed by atoms with Crippen molar-refractivity contribution in [1.29, 1.82) is 0 Å². The smallest absolute Gasteiger partial charge is 0.224 e. The lowest BCUT2D eigenvalue weighted by Gasteiger charge is -2.37. The Bertz CT molecular complexity index is 426. The third kappa shape index (κ3) is 20.5. The second-order valence-electron chi connectivity index (χ2n) is 10.8. The Labute approximate surface area is 207 Å². The van der Waals surface area contributed by atoms with Crippen LogP contribution in [0.3, 0.4) is 0 Å². The molecule has 0 rings (SSSR count). The number of likely N-dealkylation sites (N-methyl/N-ethyl adjacent to an activating group) is 1. The maximum absolute atomic E-state index is 12.3. The summed E-state index contributed by atoms with van der Waals surface area (Å²) in [6.45, 7) is 5.20. The zero-order valence-corrected chi connectivity index (χ0v) is 23.1. The summed E-state index contributed by atoms with van der Waals surface area (Å²) in [5.74, 6) is 0.165. The summed E-state index contributed by atoms with van der Waals surface area (Å²) in [6.07, 6.45) is 27.7. The number of quaternary nitrogens is 1. The second kappa shape index (κ2) is 23.1. The Morgan fingerprint density at radius 3 is 1.36 bits per heavy atom. The van der Waals surface area contributed by atoms with Gasteiger partial charge >= 0.3 is 0 Å². The van der Waals surface area contributed by atoms with Crippen LogP contribution in [0.5, 0.6) is 0 Å². The largest absolute Gasteiger partial charge is 0.391 e. The van der Waals surface area contributed by atoms with Crippen molar-refractivity contribution in [2.75, 3.05) is 27.2 Å². The molecule has 33 heavy (non-hydrogen) atoms. The highest BCUT2D eigenvalue weighted by Crippen LogP contribution is 2.15. The van der Waals surface area contributed by atoms with E-state index >= 15 is 0 Å². The van der Waals surface area contributed by atoms with E-state index in [2.05, 4.69) is 33.3 Å². The normalized spacial score (nSPS) is 12.8. The molecule has 0 fully saturated rings. The van der Waals surface area contributed by atoms with Crippen molar-refractivity contribution < 1.29 is 14.4 Å². The molecule has 4 heteroatoms. The fourth-order valence-corrected chi connectivity index (χ4v) is 4.81. The minimum atomic E-state index is 0.0879. The highest BCUT2D eigenvalue weighted by atomic mass is 16.3. The van der Waals surface area contributed by atoms with Gasteiger partial charge < -0.3 is 14.9 Å². The van der Waals surface area contributed by atoms with Gasteiger partial charge in [-0.2, -0.15) is 0 Å². The lowest BCUT2D eigenvalue weighted by molar-refractivity contribution is -0.917. The number of rotatable bonds is 25. The van der Waals surface area contributed by atoms with E-state index in [-0.39, 0.29) is 18.7 Å². The molecule has 198 valence electrons. The average Bonchev–Trinajstić information content (AvgIpc) is 2.78. The summed E-state index contributed by atoms with van der Waals surface area (Å²) in [4.78, 5) is 12.3. The molecule has 0 aliphatic rings. The molecule has 0 aromatic carbocycles. The molecule has 0 saturated carbocycles. The molecule has 0 aromatic rings. The van der Waals surface area contributed by atoms with Gasteiger partial charge in [0.1, 0.15) is 6.54 Å². The quantitative estimate of drug-likeness (QED) is 0.0816. The lowest BCUT2D eigenvalue weighted by Crippen LogP contribution is -2.58. The van der Waals surface area contributed by atoms with Crippen molar-refractivity contribution in [2.24, 2.45) is 0 Å². The molecule has 0 radical (unpaired) electrons. The number of hydrogen-bond donors (Lipinski definition) is 2. The van der Waals surface area contributed by atoms with E-state index in [0.29, 0.717) is 17.4 Å². The Hall–Kier alpha value is -0.610. The van der Waals surface area contributed by atoms with E-state index in [0.717, 1.165) is 19.3 Å². The van der Waals surface area contributed by atoms with Crippen LogP contribution in [-0.4, -0.2) is 48.9 Å². The second-order valence-corrected chi connectivity index (χ2v) is 10.8. The summed E-state index contributed by atoms with van der Waals surface area (Å²) in [7, 11) is 4.14. The van der Waals surface area contributed by atoms with Gasteiger partial charge in [0.15, 0.2) is 6.17 Å². The van der Waals surface area contributed by atoms with Crippen LogP contribution in [0.25, 0.3) is 0 Å². The van der Waals surface area contributed by atoms with E-state index < -0.39 is 0 Å². The predicted molar refractivity (Wildman–Crippen MR) is 144 cm³/mol. The van der Waals surface area contributed by atoms with Crippen molar-refractivity contribution in [3.05, 3.63) is 0 Å². The fraction of sp³-hybridized carbons (Fsp3) is 0.966. The van der Waals surface area contributed by atoms with Crippen LogP contribution in [-0.2, 0) is 4.79 Å². The molecule has 0 spiro atoms. The lowest BCUT2D eigenvalue weighted by atomic mass is 10.0. The van der Waals surface area contributed by atoms with E-state index in [4.69, 9.17) is 0 Å². The number of unbranched alkanes of at least 4 members (excludes halogenated alkanes) is 18. The Morgan fingerprint density at radius 1 is 0.667 bits per heavy atom. The summed E-state index contributed by atoms with van der Waals surface area (Å²) >= 11 is 0. The molecule has 0 bridgehead atoms. The summed E-state index contributed by atoms with van der Waals surface area (Å²) in [5.41, 5.74) is 0. The first-order chi connectivity index (χ1) is 16.0. The van der Waals surface area contributed by atoms with Gasteiger partial charge in [-0.25, -0.2) is 0 Å². The number of nitrogens with zero attached hydrogens (tertiary/aromatic N) is 1.